The first-order valence-corrected chi connectivity index (χ1v) is 12.8. The zero-order valence-corrected chi connectivity index (χ0v) is 20.6. The van der Waals surface area contributed by atoms with E-state index in [2.05, 4.69) is 54.2 Å². The fourth-order valence-electron chi connectivity index (χ4n) is 8.50. The van der Waals surface area contributed by atoms with Gasteiger partial charge in [-0.3, -0.25) is 0 Å². The Labute approximate surface area is 186 Å². The van der Waals surface area contributed by atoms with Gasteiger partial charge in [0, 0.05) is 0 Å². The van der Waals surface area contributed by atoms with Crippen LogP contribution in [0.4, 0.5) is 0 Å². The third kappa shape index (κ3) is 3.30. The standard InChI is InChI=1S/C29H46O/c1-19(2)9-8-10-20(3)22-12-13-23-21-11-14-25-27(4,5)26(30)16-18-29(25,7)24(21)15-17-28(22,23)6/h13,20,22,25-26,30H,1,8-12,14-18H2,2-7H3/t20-,22-,25?,26+,28-,29-/m1/s1. The van der Waals surface area contributed by atoms with E-state index in [9.17, 15) is 5.11 Å². The lowest BCUT2D eigenvalue weighted by molar-refractivity contribution is -0.0905. The molecule has 0 amide bonds. The lowest BCUT2D eigenvalue weighted by atomic mass is 9.46. The van der Waals surface area contributed by atoms with Gasteiger partial charge in [-0.25, -0.2) is 0 Å². The van der Waals surface area contributed by atoms with Crippen LogP contribution in [0.2, 0.25) is 0 Å². The largest absolute Gasteiger partial charge is 0.393 e. The molecule has 0 radical (unpaired) electrons. The van der Waals surface area contributed by atoms with E-state index in [4.69, 9.17) is 0 Å². The van der Waals surface area contributed by atoms with E-state index >= 15 is 0 Å². The second kappa shape index (κ2) is 7.65. The molecule has 0 heterocycles. The molecule has 0 aromatic rings. The summed E-state index contributed by atoms with van der Waals surface area (Å²) in [6, 6.07) is 0. The Morgan fingerprint density at radius 2 is 1.87 bits per heavy atom. The molecule has 168 valence electrons. The SMILES string of the molecule is C=C(C)CCC[C@@H](C)[C@H]1CC=C2C3=C(CC[C@@]21C)[C@@]1(C)CC[C@H](O)C(C)(C)C1CC3. The zero-order chi connectivity index (χ0) is 21.9. The molecule has 1 fully saturated rings. The van der Waals surface area contributed by atoms with Crippen molar-refractivity contribution >= 4 is 0 Å². The Balaban J connectivity index is 1.59. The Hall–Kier alpha value is -0.820. The summed E-state index contributed by atoms with van der Waals surface area (Å²) in [5.74, 6) is 2.22. The van der Waals surface area contributed by atoms with Crippen LogP contribution in [0, 0.1) is 34.0 Å². The summed E-state index contributed by atoms with van der Waals surface area (Å²) in [4.78, 5) is 0. The van der Waals surface area contributed by atoms with E-state index in [0.29, 0.717) is 16.7 Å². The van der Waals surface area contributed by atoms with Gasteiger partial charge in [-0.1, -0.05) is 58.3 Å². The van der Waals surface area contributed by atoms with Gasteiger partial charge in [-0.15, -0.1) is 6.58 Å². The Morgan fingerprint density at radius 1 is 1.13 bits per heavy atom. The Kier molecular flexibility index (Phi) is 5.70. The third-order valence-electron chi connectivity index (χ3n) is 10.4. The maximum absolute atomic E-state index is 10.7. The average Bonchev–Trinajstić information content (AvgIpc) is 3.02. The maximum Gasteiger partial charge on any atom is 0.0594 e. The Bertz CT molecular complexity index is 767. The van der Waals surface area contributed by atoms with Crippen molar-refractivity contribution in [2.24, 2.45) is 34.0 Å². The van der Waals surface area contributed by atoms with Crippen molar-refractivity contribution in [1.82, 2.24) is 0 Å². The van der Waals surface area contributed by atoms with Gasteiger partial charge in [-0.2, -0.15) is 0 Å². The summed E-state index contributed by atoms with van der Waals surface area (Å²) < 4.78 is 0. The van der Waals surface area contributed by atoms with Crippen molar-refractivity contribution < 1.29 is 5.11 Å². The van der Waals surface area contributed by atoms with E-state index < -0.39 is 0 Å². The molecule has 0 aromatic heterocycles. The first-order valence-electron chi connectivity index (χ1n) is 12.8. The molecule has 1 unspecified atom stereocenters. The molecule has 1 heteroatoms. The van der Waals surface area contributed by atoms with E-state index in [0.717, 1.165) is 18.3 Å². The van der Waals surface area contributed by atoms with E-state index in [1.165, 1.54) is 63.4 Å². The minimum absolute atomic E-state index is 0.0384. The predicted octanol–water partition coefficient (Wildman–Crippen LogP) is 8.01. The molecule has 1 saturated carbocycles. The number of allylic oxidation sites excluding steroid dienone is 5. The third-order valence-corrected chi connectivity index (χ3v) is 10.4. The second-order valence-corrected chi connectivity index (χ2v) is 12.5. The van der Waals surface area contributed by atoms with Crippen LogP contribution in [0.3, 0.4) is 0 Å². The molecule has 4 aliphatic carbocycles. The van der Waals surface area contributed by atoms with Crippen LogP contribution in [-0.2, 0) is 0 Å². The van der Waals surface area contributed by atoms with Crippen molar-refractivity contribution in [3.8, 4) is 0 Å². The average molecular weight is 411 g/mol. The molecule has 30 heavy (non-hydrogen) atoms. The lowest BCUT2D eigenvalue weighted by Crippen LogP contribution is -2.53. The first-order chi connectivity index (χ1) is 14.0. The molecule has 0 saturated heterocycles. The zero-order valence-electron chi connectivity index (χ0n) is 20.6. The quantitative estimate of drug-likeness (QED) is 0.455. The number of aliphatic hydroxyl groups is 1. The summed E-state index contributed by atoms with van der Waals surface area (Å²) in [5, 5.41) is 10.7. The van der Waals surface area contributed by atoms with Crippen LogP contribution >= 0.6 is 0 Å². The van der Waals surface area contributed by atoms with Gasteiger partial charge in [-0.05, 0) is 110 Å². The van der Waals surface area contributed by atoms with Crippen LogP contribution in [0.1, 0.15) is 106 Å². The molecule has 0 bridgehead atoms. The molecule has 6 atom stereocenters. The van der Waals surface area contributed by atoms with E-state index in [1.54, 1.807) is 16.7 Å². The van der Waals surface area contributed by atoms with Gasteiger partial charge in [0.1, 0.15) is 0 Å². The fraction of sp³-hybridized carbons (Fsp3) is 0.793. The summed E-state index contributed by atoms with van der Waals surface area (Å²) >= 11 is 0. The molecule has 1 nitrogen and oxygen atoms in total. The molecular weight excluding hydrogens is 364 g/mol. The maximum atomic E-state index is 10.7. The highest BCUT2D eigenvalue weighted by atomic mass is 16.3. The van der Waals surface area contributed by atoms with Crippen molar-refractivity contribution in [2.75, 3.05) is 0 Å². The van der Waals surface area contributed by atoms with Crippen LogP contribution in [0.25, 0.3) is 0 Å². The van der Waals surface area contributed by atoms with E-state index in [-0.39, 0.29) is 11.5 Å². The summed E-state index contributed by atoms with van der Waals surface area (Å²) in [6.45, 7) is 18.6. The van der Waals surface area contributed by atoms with Crippen LogP contribution in [0.5, 0.6) is 0 Å². The van der Waals surface area contributed by atoms with Gasteiger partial charge in [0.25, 0.3) is 0 Å². The lowest BCUT2D eigenvalue weighted by Gasteiger charge is -2.59. The van der Waals surface area contributed by atoms with Gasteiger partial charge in [0.05, 0.1) is 6.10 Å². The minimum atomic E-state index is -0.137. The summed E-state index contributed by atoms with van der Waals surface area (Å²) in [6.07, 6.45) is 14.9. The molecule has 0 spiro atoms. The molecule has 4 aliphatic rings. The fourth-order valence-corrected chi connectivity index (χ4v) is 8.50. The van der Waals surface area contributed by atoms with Crippen LogP contribution in [0.15, 0.2) is 34.9 Å². The number of aliphatic hydroxyl groups excluding tert-OH is 1. The van der Waals surface area contributed by atoms with Crippen molar-refractivity contribution in [3.05, 3.63) is 34.9 Å². The van der Waals surface area contributed by atoms with E-state index in [1.807, 2.05) is 0 Å². The van der Waals surface area contributed by atoms with Crippen LogP contribution < -0.4 is 0 Å². The molecule has 4 rings (SSSR count). The van der Waals surface area contributed by atoms with Crippen molar-refractivity contribution in [1.29, 1.82) is 0 Å². The first kappa shape index (κ1) is 22.4. The number of fused-ring (bicyclic) bond motifs is 4. The molecular formula is C29H46O. The molecule has 1 N–H and O–H groups in total. The predicted molar refractivity (Wildman–Crippen MR) is 128 cm³/mol. The van der Waals surface area contributed by atoms with Gasteiger partial charge >= 0.3 is 0 Å². The highest BCUT2D eigenvalue weighted by molar-refractivity contribution is 5.49. The highest BCUT2D eigenvalue weighted by Crippen LogP contribution is 2.66. The summed E-state index contributed by atoms with van der Waals surface area (Å²) in [7, 11) is 0. The van der Waals surface area contributed by atoms with Crippen molar-refractivity contribution in [2.45, 2.75) is 112 Å². The second-order valence-electron chi connectivity index (χ2n) is 12.5. The normalized spacial score (nSPS) is 40.9. The Morgan fingerprint density at radius 3 is 2.57 bits per heavy atom. The smallest absolute Gasteiger partial charge is 0.0594 e. The molecule has 0 aromatic carbocycles. The minimum Gasteiger partial charge on any atom is -0.393 e. The van der Waals surface area contributed by atoms with Crippen LogP contribution in [-0.4, -0.2) is 11.2 Å². The molecule has 0 aliphatic heterocycles. The van der Waals surface area contributed by atoms with Gasteiger partial charge < -0.3 is 5.11 Å². The van der Waals surface area contributed by atoms with Gasteiger partial charge in [0.2, 0.25) is 0 Å². The van der Waals surface area contributed by atoms with Crippen molar-refractivity contribution in [3.63, 3.8) is 0 Å². The number of hydrogen-bond donors (Lipinski definition) is 1. The summed E-state index contributed by atoms with van der Waals surface area (Å²) in [5.41, 5.74) is 7.33. The highest BCUT2D eigenvalue weighted by Gasteiger charge is 2.57. The van der Waals surface area contributed by atoms with Gasteiger partial charge in [0.15, 0.2) is 0 Å². The number of hydrogen-bond acceptors (Lipinski definition) is 1. The topological polar surface area (TPSA) is 20.2 Å². The monoisotopic (exact) mass is 410 g/mol. The number of rotatable bonds is 5.